The molecule has 6 aromatic carbocycles. The van der Waals surface area contributed by atoms with Gasteiger partial charge in [0.2, 0.25) is 0 Å². The number of aryl methyl sites for hydroxylation is 4. The first-order chi connectivity index (χ1) is 39.0. The Labute approximate surface area is 478 Å². The summed E-state index contributed by atoms with van der Waals surface area (Å²) < 4.78 is 46.6. The van der Waals surface area contributed by atoms with E-state index >= 15 is 0 Å². The van der Waals surface area contributed by atoms with Gasteiger partial charge in [-0.05, 0) is 200 Å². The van der Waals surface area contributed by atoms with Gasteiger partial charge in [-0.3, -0.25) is 0 Å². The van der Waals surface area contributed by atoms with E-state index in [2.05, 4.69) is 180 Å². The molecule has 0 radical (unpaired) electrons. The predicted molar refractivity (Wildman–Crippen MR) is 326 cm³/mol. The first-order valence-electron chi connectivity index (χ1n) is 28.7. The summed E-state index contributed by atoms with van der Waals surface area (Å²) in [4.78, 5) is 29.5. The van der Waals surface area contributed by atoms with Crippen molar-refractivity contribution in [3.8, 4) is 11.1 Å². The number of alkyl carbamates (subject to hydrolysis) is 2. The Morgan fingerprint density at radius 3 is 1.01 bits per heavy atom. The van der Waals surface area contributed by atoms with E-state index in [4.69, 9.17) is 36.0 Å². The van der Waals surface area contributed by atoms with E-state index in [0.717, 1.165) is 58.1 Å². The van der Waals surface area contributed by atoms with Gasteiger partial charge in [0.05, 0.1) is 13.2 Å². The smallest absolute Gasteiger partial charge is 0.450 e. The molecule has 14 nitrogen and oxygen atoms in total. The Kier molecular flexibility index (Phi) is 26.3. The molecule has 430 valence electrons. The van der Waals surface area contributed by atoms with E-state index < -0.39 is 29.8 Å². The molecule has 0 aliphatic heterocycles. The molecule has 0 heterocycles. The molecule has 16 heteroatoms. The number of ether oxygens (including phenoxy) is 2. The lowest BCUT2D eigenvalue weighted by Crippen LogP contribution is -2.46. The molecule has 0 saturated heterocycles. The highest BCUT2D eigenvalue weighted by molar-refractivity contribution is 6.61. The van der Waals surface area contributed by atoms with Crippen LogP contribution < -0.4 is 20.4 Å². The standard InChI is InChI=1S/C64H86N4O10Si2/c1-9-73-79(74-10-2,75-11-3)47-19-43-65-63(69)71-45-17-23-53-27-35-57(36-28-53)67(61-25-15-21-51(7)49-61)59-39-31-55(32-40-59)56-33-41-60(42-34-56)68(62-26-16-22-52(8)50-62)58-37-29-54(30-38-58)24-18-46-72-64(70)66-44-20-48-80(76-12-4,77-13-5)78-14-6/h15-16,21-22,25-42,49-50H,9-14,17-20,23-24,43-48H2,1-8H3,(H,65,69)(H,66,70). The Hall–Kier alpha value is -6.35. The zero-order valence-corrected chi connectivity index (χ0v) is 50.6. The van der Waals surface area contributed by atoms with Crippen LogP contribution in [0.2, 0.25) is 12.1 Å². The maximum Gasteiger partial charge on any atom is 0.500 e. The fraction of sp³-hybridized carbons (Fsp3) is 0.406. The first kappa shape index (κ1) is 62.8. The van der Waals surface area contributed by atoms with Gasteiger partial charge in [-0.25, -0.2) is 9.59 Å². The van der Waals surface area contributed by atoms with E-state index in [-0.39, 0.29) is 0 Å². The van der Waals surface area contributed by atoms with Gasteiger partial charge < -0.3 is 56.5 Å². The van der Waals surface area contributed by atoms with Crippen LogP contribution in [0.1, 0.15) is 89.5 Å². The number of nitrogens with zero attached hydrogens (tertiary/aromatic N) is 2. The third-order valence-corrected chi connectivity index (χ3v) is 19.5. The van der Waals surface area contributed by atoms with Crippen LogP contribution in [0.15, 0.2) is 146 Å². The summed E-state index contributed by atoms with van der Waals surface area (Å²) in [6, 6.07) is 53.1. The summed E-state index contributed by atoms with van der Waals surface area (Å²) >= 11 is 0. The molecule has 0 fully saturated rings. The Morgan fingerprint density at radius 1 is 0.400 bits per heavy atom. The minimum atomic E-state index is -2.75. The molecule has 0 bridgehead atoms. The van der Waals surface area contributed by atoms with Gasteiger partial charge in [0.15, 0.2) is 0 Å². The molecule has 2 amide bonds. The number of carbonyl (C=O) groups is 2. The zero-order chi connectivity index (χ0) is 57.0. The number of rotatable bonds is 35. The fourth-order valence-corrected chi connectivity index (χ4v) is 14.9. The minimum absolute atomic E-state index is 0.321. The second kappa shape index (κ2) is 33.4. The molecule has 0 saturated carbocycles. The number of anilines is 6. The average molecular weight is 1130 g/mol. The lowest BCUT2D eigenvalue weighted by atomic mass is 10.0. The summed E-state index contributed by atoms with van der Waals surface area (Å²) in [6.45, 7) is 20.6. The number of hydrogen-bond donors (Lipinski definition) is 2. The lowest BCUT2D eigenvalue weighted by Gasteiger charge is -2.28. The molecule has 80 heavy (non-hydrogen) atoms. The first-order valence-corrected chi connectivity index (χ1v) is 32.6. The topological polar surface area (TPSA) is 139 Å². The number of benzene rings is 6. The molecule has 6 rings (SSSR count). The maximum absolute atomic E-state index is 12.5. The second-order valence-corrected chi connectivity index (χ2v) is 24.7. The summed E-state index contributed by atoms with van der Waals surface area (Å²) in [5, 5.41) is 5.72. The van der Waals surface area contributed by atoms with Crippen LogP contribution >= 0.6 is 0 Å². The predicted octanol–water partition coefficient (Wildman–Crippen LogP) is 15.1. The molecule has 2 N–H and O–H groups in total. The van der Waals surface area contributed by atoms with Crippen molar-refractivity contribution in [1.29, 1.82) is 0 Å². The van der Waals surface area contributed by atoms with Crippen LogP contribution in [0.25, 0.3) is 11.1 Å². The molecule has 0 aliphatic carbocycles. The van der Waals surface area contributed by atoms with Crippen LogP contribution in [0.3, 0.4) is 0 Å². The van der Waals surface area contributed by atoms with Crippen molar-refractivity contribution in [1.82, 2.24) is 10.6 Å². The van der Waals surface area contributed by atoms with Gasteiger partial charge in [-0.15, -0.1) is 0 Å². The van der Waals surface area contributed by atoms with Crippen LogP contribution in [-0.2, 0) is 48.9 Å². The second-order valence-electron chi connectivity index (χ2n) is 19.3. The summed E-state index contributed by atoms with van der Waals surface area (Å²) in [5.74, 6) is 0. The van der Waals surface area contributed by atoms with Crippen molar-refractivity contribution in [3.05, 3.63) is 168 Å². The zero-order valence-electron chi connectivity index (χ0n) is 48.6. The summed E-state index contributed by atoms with van der Waals surface area (Å²) in [7, 11) is -5.50. The Balaban J connectivity index is 1.04. The van der Waals surface area contributed by atoms with Gasteiger partial charge in [-0.1, -0.05) is 72.8 Å². The molecule has 6 aromatic rings. The molecule has 0 unspecified atom stereocenters. The molecule has 0 aliphatic rings. The monoisotopic (exact) mass is 1130 g/mol. The normalized spacial score (nSPS) is 11.6. The van der Waals surface area contributed by atoms with Crippen LogP contribution in [-0.4, -0.2) is 95.7 Å². The maximum atomic E-state index is 12.5. The van der Waals surface area contributed by atoms with Crippen molar-refractivity contribution in [2.75, 3.05) is 75.7 Å². The molecule has 0 atom stereocenters. The molecular weight excluding hydrogens is 1040 g/mol. The highest BCUT2D eigenvalue weighted by atomic mass is 28.4. The number of hydrogen-bond acceptors (Lipinski definition) is 12. The van der Waals surface area contributed by atoms with Crippen molar-refractivity contribution >= 4 is 63.9 Å². The van der Waals surface area contributed by atoms with E-state index in [1.165, 1.54) is 22.3 Å². The van der Waals surface area contributed by atoms with Crippen molar-refractivity contribution < 1.29 is 45.6 Å². The average Bonchev–Trinajstić information content (AvgIpc) is 3.50. The minimum Gasteiger partial charge on any atom is -0.450 e. The fourth-order valence-electron chi connectivity index (χ4n) is 9.64. The SMILES string of the molecule is CCO[Si](CCCNC(=O)OCCCc1ccc(N(c2ccc(-c3ccc(N(c4ccc(CCCOC(=O)NCCC[Si](OCC)(OCC)OCC)cc4)c4cccc(C)c4)cc3)cc2)c2cccc(C)c2)cc1)(OCC)OCC. The third-order valence-electron chi connectivity index (χ3n) is 13.2. The Morgan fingerprint density at radius 2 is 0.713 bits per heavy atom. The lowest BCUT2D eigenvalue weighted by molar-refractivity contribution is 0.0699. The third kappa shape index (κ3) is 19.4. The van der Waals surface area contributed by atoms with Crippen LogP contribution in [0.4, 0.5) is 43.7 Å². The van der Waals surface area contributed by atoms with Crippen molar-refractivity contribution in [3.63, 3.8) is 0 Å². The molecule has 0 spiro atoms. The summed E-state index contributed by atoms with van der Waals surface area (Å²) in [5.41, 5.74) is 13.2. The van der Waals surface area contributed by atoms with Crippen LogP contribution in [0, 0.1) is 13.8 Å². The summed E-state index contributed by atoms with van der Waals surface area (Å²) in [6.07, 6.45) is 3.47. The van der Waals surface area contributed by atoms with Crippen molar-refractivity contribution in [2.45, 2.75) is 106 Å². The largest absolute Gasteiger partial charge is 0.500 e. The number of nitrogens with one attached hydrogen (secondary N) is 2. The van der Waals surface area contributed by atoms with Gasteiger partial charge >= 0.3 is 29.8 Å². The van der Waals surface area contributed by atoms with E-state index in [1.54, 1.807) is 0 Å². The van der Waals surface area contributed by atoms with E-state index in [0.29, 0.717) is 104 Å². The quantitative estimate of drug-likeness (QED) is 0.0289. The van der Waals surface area contributed by atoms with Gasteiger partial charge in [-0.2, -0.15) is 0 Å². The molecular formula is C64H86N4O10Si2. The van der Waals surface area contributed by atoms with Gasteiger partial charge in [0, 0.05) is 98.9 Å². The van der Waals surface area contributed by atoms with Gasteiger partial charge in [0.1, 0.15) is 0 Å². The van der Waals surface area contributed by atoms with Crippen LogP contribution in [0.5, 0.6) is 0 Å². The van der Waals surface area contributed by atoms with E-state index in [1.807, 2.05) is 41.5 Å². The number of amides is 2. The highest BCUT2D eigenvalue weighted by Crippen LogP contribution is 2.39. The Bertz CT molecular complexity index is 2530. The van der Waals surface area contributed by atoms with Gasteiger partial charge in [0.25, 0.3) is 0 Å². The number of carbonyl (C=O) groups excluding carboxylic acids is 2. The van der Waals surface area contributed by atoms with E-state index in [9.17, 15) is 9.59 Å². The molecule has 0 aromatic heterocycles. The van der Waals surface area contributed by atoms with Crippen molar-refractivity contribution in [2.24, 2.45) is 0 Å². The highest BCUT2D eigenvalue weighted by Gasteiger charge is 2.40.